The first-order valence-corrected chi connectivity index (χ1v) is 6.57. The minimum Gasteiger partial charge on any atom is -0.481 e. The fourth-order valence-corrected chi connectivity index (χ4v) is 2.62. The molecule has 0 aromatic rings. The number of carbonyl (C=O) groups excluding carboxylic acids is 1. The summed E-state index contributed by atoms with van der Waals surface area (Å²) in [5, 5.41) is 11.8. The average molecular weight is 252 g/mol. The Labute approximate surface area is 107 Å². The van der Waals surface area contributed by atoms with Gasteiger partial charge in [-0.25, -0.2) is 4.79 Å². The van der Waals surface area contributed by atoms with Crippen molar-refractivity contribution >= 4 is 12.0 Å². The molecule has 2 atom stereocenters. The number of urea groups is 1. The Bertz CT molecular complexity index is 354. The number of amides is 2. The molecule has 0 bridgehead atoms. The van der Waals surface area contributed by atoms with Crippen LogP contribution < -0.4 is 5.32 Å². The smallest absolute Gasteiger partial charge is 0.317 e. The van der Waals surface area contributed by atoms with E-state index < -0.39 is 5.97 Å². The number of allylic oxidation sites excluding steroid dienone is 1. The van der Waals surface area contributed by atoms with Gasteiger partial charge in [-0.3, -0.25) is 4.79 Å². The molecule has 2 rings (SSSR count). The number of likely N-dealkylation sites (tertiary alicyclic amines) is 1. The van der Waals surface area contributed by atoms with Crippen LogP contribution in [0, 0.1) is 5.92 Å². The highest BCUT2D eigenvalue weighted by atomic mass is 16.4. The van der Waals surface area contributed by atoms with Gasteiger partial charge in [0.05, 0.1) is 0 Å². The maximum Gasteiger partial charge on any atom is 0.317 e. The van der Waals surface area contributed by atoms with Gasteiger partial charge >= 0.3 is 12.0 Å². The predicted octanol–water partition coefficient (Wildman–Crippen LogP) is 1.60. The summed E-state index contributed by atoms with van der Waals surface area (Å²) in [4.78, 5) is 24.4. The zero-order valence-electron chi connectivity index (χ0n) is 10.5. The maximum absolute atomic E-state index is 12.0. The normalized spacial score (nSPS) is 27.2. The minimum absolute atomic E-state index is 0.0387. The maximum atomic E-state index is 12.0. The second-order valence-corrected chi connectivity index (χ2v) is 5.13. The van der Waals surface area contributed by atoms with E-state index >= 15 is 0 Å². The van der Waals surface area contributed by atoms with Gasteiger partial charge in [0.2, 0.25) is 0 Å². The van der Waals surface area contributed by atoms with Crippen LogP contribution in [0.2, 0.25) is 0 Å². The highest BCUT2D eigenvalue weighted by Crippen LogP contribution is 2.20. The molecule has 0 spiro atoms. The first kappa shape index (κ1) is 12.9. The Balaban J connectivity index is 1.76. The van der Waals surface area contributed by atoms with E-state index in [0.29, 0.717) is 13.1 Å². The lowest BCUT2D eigenvalue weighted by Crippen LogP contribution is -2.44. The van der Waals surface area contributed by atoms with E-state index in [1.165, 1.54) is 0 Å². The summed E-state index contributed by atoms with van der Waals surface area (Å²) in [5.74, 6) is -0.667. The molecule has 0 aromatic carbocycles. The van der Waals surface area contributed by atoms with Gasteiger partial charge in [-0.05, 0) is 31.6 Å². The molecule has 100 valence electrons. The van der Waals surface area contributed by atoms with Crippen molar-refractivity contribution in [1.29, 1.82) is 0 Å². The number of aliphatic carboxylic acids is 1. The van der Waals surface area contributed by atoms with Crippen LogP contribution in [0.4, 0.5) is 4.79 Å². The van der Waals surface area contributed by atoms with Crippen molar-refractivity contribution in [2.45, 2.75) is 38.1 Å². The van der Waals surface area contributed by atoms with Crippen molar-refractivity contribution in [3.63, 3.8) is 0 Å². The van der Waals surface area contributed by atoms with E-state index in [4.69, 9.17) is 5.11 Å². The number of hydrogen-bond acceptors (Lipinski definition) is 2. The number of hydrogen-bond donors (Lipinski definition) is 2. The third-order valence-electron chi connectivity index (χ3n) is 3.63. The lowest BCUT2D eigenvalue weighted by Gasteiger charge is -2.24. The topological polar surface area (TPSA) is 69.6 Å². The van der Waals surface area contributed by atoms with Crippen LogP contribution >= 0.6 is 0 Å². The molecule has 1 heterocycles. The summed E-state index contributed by atoms with van der Waals surface area (Å²) < 4.78 is 0. The second kappa shape index (κ2) is 5.89. The first-order chi connectivity index (χ1) is 8.65. The predicted molar refractivity (Wildman–Crippen MR) is 67.2 cm³/mol. The molecular formula is C13H20N2O3. The molecule has 5 nitrogen and oxygen atoms in total. The Morgan fingerprint density at radius 2 is 2.17 bits per heavy atom. The Morgan fingerprint density at radius 1 is 1.33 bits per heavy atom. The molecule has 1 fully saturated rings. The van der Waals surface area contributed by atoms with E-state index in [0.717, 1.165) is 25.7 Å². The van der Waals surface area contributed by atoms with Crippen molar-refractivity contribution < 1.29 is 14.7 Å². The summed E-state index contributed by atoms with van der Waals surface area (Å²) in [6, 6.07) is 0.198. The SMILES string of the molecule is O=C(O)CC1CCN(C(=O)NC2CC=CCC2)C1. The third-order valence-corrected chi connectivity index (χ3v) is 3.63. The van der Waals surface area contributed by atoms with Crippen LogP contribution in [-0.4, -0.2) is 41.1 Å². The average Bonchev–Trinajstić information content (AvgIpc) is 2.78. The van der Waals surface area contributed by atoms with Crippen molar-refractivity contribution in [1.82, 2.24) is 10.2 Å². The van der Waals surface area contributed by atoms with Crippen LogP contribution in [0.15, 0.2) is 12.2 Å². The molecule has 0 saturated carbocycles. The number of carbonyl (C=O) groups is 2. The van der Waals surface area contributed by atoms with E-state index in [1.54, 1.807) is 4.90 Å². The number of nitrogens with zero attached hydrogens (tertiary/aromatic N) is 1. The Morgan fingerprint density at radius 3 is 2.83 bits per heavy atom. The molecular weight excluding hydrogens is 232 g/mol. The Hall–Kier alpha value is -1.52. The number of rotatable bonds is 3. The molecule has 2 amide bonds. The van der Waals surface area contributed by atoms with Gasteiger partial charge in [0, 0.05) is 25.6 Å². The van der Waals surface area contributed by atoms with E-state index in [1.807, 2.05) is 0 Å². The number of carboxylic acids is 1. The van der Waals surface area contributed by atoms with Crippen molar-refractivity contribution in [2.24, 2.45) is 5.92 Å². The van der Waals surface area contributed by atoms with Crippen LogP contribution in [0.25, 0.3) is 0 Å². The summed E-state index contributed by atoms with van der Waals surface area (Å²) in [5.41, 5.74) is 0. The molecule has 2 N–H and O–H groups in total. The van der Waals surface area contributed by atoms with Crippen LogP contribution in [0.5, 0.6) is 0 Å². The Kier molecular flexibility index (Phi) is 4.23. The highest BCUT2D eigenvalue weighted by molar-refractivity contribution is 5.75. The molecule has 2 aliphatic rings. The van der Waals surface area contributed by atoms with Gasteiger partial charge in [0.25, 0.3) is 0 Å². The van der Waals surface area contributed by atoms with Gasteiger partial charge in [-0.15, -0.1) is 0 Å². The lowest BCUT2D eigenvalue weighted by molar-refractivity contribution is -0.138. The van der Waals surface area contributed by atoms with Crippen molar-refractivity contribution in [3.05, 3.63) is 12.2 Å². The number of carboxylic acid groups (broad SMARTS) is 1. The second-order valence-electron chi connectivity index (χ2n) is 5.13. The standard InChI is InChI=1S/C13H20N2O3/c16-12(17)8-10-6-7-15(9-10)13(18)14-11-4-2-1-3-5-11/h1-2,10-11H,3-9H2,(H,14,18)(H,16,17). The summed E-state index contributed by atoms with van der Waals surface area (Å²) in [7, 11) is 0. The van der Waals surface area contributed by atoms with Crippen LogP contribution in [0.3, 0.4) is 0 Å². The third kappa shape index (κ3) is 3.48. The molecule has 1 aliphatic carbocycles. The monoisotopic (exact) mass is 252 g/mol. The van der Waals surface area contributed by atoms with Gasteiger partial charge < -0.3 is 15.3 Å². The molecule has 0 aromatic heterocycles. The largest absolute Gasteiger partial charge is 0.481 e. The summed E-state index contributed by atoms with van der Waals surface area (Å²) in [6.45, 7) is 1.24. The van der Waals surface area contributed by atoms with Crippen molar-refractivity contribution in [3.8, 4) is 0 Å². The zero-order chi connectivity index (χ0) is 13.0. The highest BCUT2D eigenvalue weighted by Gasteiger charge is 2.28. The van der Waals surface area contributed by atoms with Gasteiger partial charge in [0.1, 0.15) is 0 Å². The first-order valence-electron chi connectivity index (χ1n) is 6.57. The fraction of sp³-hybridized carbons (Fsp3) is 0.692. The van der Waals surface area contributed by atoms with Gasteiger partial charge in [-0.2, -0.15) is 0 Å². The quantitative estimate of drug-likeness (QED) is 0.750. The summed E-state index contributed by atoms with van der Waals surface area (Å²) in [6.07, 6.45) is 8.12. The van der Waals surface area contributed by atoms with Gasteiger partial charge in [0.15, 0.2) is 0 Å². The number of nitrogens with one attached hydrogen (secondary N) is 1. The molecule has 0 radical (unpaired) electrons. The molecule has 1 aliphatic heterocycles. The minimum atomic E-state index is -0.778. The van der Waals surface area contributed by atoms with E-state index in [9.17, 15) is 9.59 Å². The molecule has 18 heavy (non-hydrogen) atoms. The van der Waals surface area contributed by atoms with Crippen LogP contribution in [0.1, 0.15) is 32.1 Å². The fourth-order valence-electron chi connectivity index (χ4n) is 2.62. The molecule has 1 saturated heterocycles. The molecule has 5 heteroatoms. The summed E-state index contributed by atoms with van der Waals surface area (Å²) >= 11 is 0. The van der Waals surface area contributed by atoms with E-state index in [2.05, 4.69) is 17.5 Å². The van der Waals surface area contributed by atoms with E-state index in [-0.39, 0.29) is 24.4 Å². The van der Waals surface area contributed by atoms with Gasteiger partial charge in [-0.1, -0.05) is 12.2 Å². The molecule has 2 unspecified atom stereocenters. The van der Waals surface area contributed by atoms with Crippen LogP contribution in [-0.2, 0) is 4.79 Å². The lowest BCUT2D eigenvalue weighted by atomic mass is 10.0. The van der Waals surface area contributed by atoms with Crippen molar-refractivity contribution in [2.75, 3.05) is 13.1 Å². The zero-order valence-corrected chi connectivity index (χ0v) is 10.5.